The molecule has 5 heteroatoms. The molecule has 0 radical (unpaired) electrons. The molecule has 0 saturated heterocycles. The predicted octanol–water partition coefficient (Wildman–Crippen LogP) is 2.72. The van der Waals surface area contributed by atoms with Gasteiger partial charge in [-0.15, -0.1) is 6.42 Å². The van der Waals surface area contributed by atoms with Crippen LogP contribution in [0.3, 0.4) is 0 Å². The lowest BCUT2D eigenvalue weighted by Gasteiger charge is -2.25. The molecule has 2 aromatic carbocycles. The van der Waals surface area contributed by atoms with E-state index in [0.717, 1.165) is 5.56 Å². The molecule has 27 heavy (non-hydrogen) atoms. The Morgan fingerprint density at radius 3 is 2.37 bits per heavy atom. The van der Waals surface area contributed by atoms with Crippen molar-refractivity contribution in [3.05, 3.63) is 59.7 Å². The molecule has 0 aromatic heterocycles. The smallest absolute Gasteiger partial charge is 0.161 e. The molecule has 1 atom stereocenters. The van der Waals surface area contributed by atoms with E-state index in [9.17, 15) is 5.11 Å². The van der Waals surface area contributed by atoms with Crippen molar-refractivity contribution in [2.45, 2.75) is 19.2 Å². The average Bonchev–Trinajstić information content (AvgIpc) is 2.68. The lowest BCUT2D eigenvalue weighted by molar-refractivity contribution is 0.0243. The van der Waals surface area contributed by atoms with E-state index in [1.807, 2.05) is 36.4 Å². The van der Waals surface area contributed by atoms with E-state index in [1.165, 1.54) is 5.56 Å². The summed E-state index contributed by atoms with van der Waals surface area (Å²) in [5.74, 6) is 3.79. The summed E-state index contributed by atoms with van der Waals surface area (Å²) in [4.78, 5) is 2.17. The zero-order chi connectivity index (χ0) is 19.5. The Bertz CT molecular complexity index is 727. The summed E-state index contributed by atoms with van der Waals surface area (Å²) in [5.41, 5.74) is 2.25. The first-order valence-corrected chi connectivity index (χ1v) is 8.82. The number of hydrogen-bond donors (Lipinski definition) is 1. The first-order valence-electron chi connectivity index (χ1n) is 8.82. The summed E-state index contributed by atoms with van der Waals surface area (Å²) >= 11 is 0. The standard InChI is InChI=1S/C22H27NO4/c1-4-12-27-17-20(24)16-23(14-18-8-6-5-7-9-18)15-19-10-11-21(25-2)22(13-19)26-3/h1,5-11,13,20,24H,12,14-17H2,2-3H3/t20-/m1/s1. The summed E-state index contributed by atoms with van der Waals surface area (Å²) in [6, 6.07) is 16.0. The van der Waals surface area contributed by atoms with Crippen molar-refractivity contribution in [2.75, 3.05) is 34.0 Å². The fraction of sp³-hybridized carbons (Fsp3) is 0.364. The van der Waals surface area contributed by atoms with E-state index in [2.05, 4.69) is 23.0 Å². The number of methoxy groups -OCH3 is 2. The summed E-state index contributed by atoms with van der Waals surface area (Å²) < 4.78 is 16.0. The molecule has 2 aromatic rings. The molecule has 0 amide bonds. The van der Waals surface area contributed by atoms with Crippen LogP contribution in [-0.4, -0.2) is 50.1 Å². The fourth-order valence-electron chi connectivity index (χ4n) is 2.87. The quantitative estimate of drug-likeness (QED) is 0.488. The van der Waals surface area contributed by atoms with Crippen LogP contribution in [0.4, 0.5) is 0 Å². The third-order valence-corrected chi connectivity index (χ3v) is 4.07. The van der Waals surface area contributed by atoms with Crippen LogP contribution in [0.15, 0.2) is 48.5 Å². The van der Waals surface area contributed by atoms with E-state index in [0.29, 0.717) is 31.1 Å². The number of rotatable bonds is 11. The van der Waals surface area contributed by atoms with Crippen LogP contribution in [0.1, 0.15) is 11.1 Å². The van der Waals surface area contributed by atoms with E-state index in [-0.39, 0.29) is 13.2 Å². The summed E-state index contributed by atoms with van der Waals surface area (Å²) in [5, 5.41) is 10.3. The number of terminal acetylenes is 1. The van der Waals surface area contributed by atoms with Gasteiger partial charge in [0.1, 0.15) is 6.61 Å². The fourth-order valence-corrected chi connectivity index (χ4v) is 2.87. The second-order valence-electron chi connectivity index (χ2n) is 6.22. The molecule has 2 rings (SSSR count). The number of ether oxygens (including phenoxy) is 3. The maximum atomic E-state index is 10.3. The molecule has 0 spiro atoms. The van der Waals surface area contributed by atoms with Crippen molar-refractivity contribution in [1.82, 2.24) is 4.90 Å². The third-order valence-electron chi connectivity index (χ3n) is 4.07. The first-order chi connectivity index (χ1) is 13.2. The normalized spacial score (nSPS) is 11.8. The van der Waals surface area contributed by atoms with Crippen LogP contribution in [0.5, 0.6) is 11.5 Å². The minimum absolute atomic E-state index is 0.200. The second kappa shape index (κ2) is 11.2. The lowest BCUT2D eigenvalue weighted by Crippen LogP contribution is -2.34. The first kappa shape index (κ1) is 20.8. The lowest BCUT2D eigenvalue weighted by atomic mass is 10.1. The van der Waals surface area contributed by atoms with E-state index in [1.54, 1.807) is 14.2 Å². The van der Waals surface area contributed by atoms with Gasteiger partial charge in [0.25, 0.3) is 0 Å². The molecule has 0 aliphatic heterocycles. The molecule has 1 N–H and O–H groups in total. The van der Waals surface area contributed by atoms with Gasteiger partial charge < -0.3 is 19.3 Å². The molecule has 0 aliphatic rings. The third kappa shape index (κ3) is 6.95. The predicted molar refractivity (Wildman–Crippen MR) is 106 cm³/mol. The molecule has 0 unspecified atom stereocenters. The molecule has 144 valence electrons. The zero-order valence-corrected chi connectivity index (χ0v) is 15.9. The minimum Gasteiger partial charge on any atom is -0.493 e. The van der Waals surface area contributed by atoms with Crippen molar-refractivity contribution < 1.29 is 19.3 Å². The molecule has 5 nitrogen and oxygen atoms in total. The van der Waals surface area contributed by atoms with Gasteiger partial charge in [-0.25, -0.2) is 0 Å². The molecular weight excluding hydrogens is 342 g/mol. The molecule has 0 aliphatic carbocycles. The summed E-state index contributed by atoms with van der Waals surface area (Å²) in [6.07, 6.45) is 4.56. The molecule has 0 fully saturated rings. The Morgan fingerprint density at radius 1 is 1.00 bits per heavy atom. The van der Waals surface area contributed by atoms with Crippen molar-refractivity contribution in [3.8, 4) is 23.8 Å². The topological polar surface area (TPSA) is 51.2 Å². The Balaban J connectivity index is 2.10. The largest absolute Gasteiger partial charge is 0.493 e. The highest BCUT2D eigenvalue weighted by Crippen LogP contribution is 2.28. The van der Waals surface area contributed by atoms with Gasteiger partial charge in [-0.2, -0.15) is 0 Å². The second-order valence-corrected chi connectivity index (χ2v) is 6.22. The molecule has 0 bridgehead atoms. The van der Waals surface area contributed by atoms with Gasteiger partial charge in [-0.3, -0.25) is 4.90 Å². The Kier molecular flexibility index (Phi) is 8.66. The average molecular weight is 369 g/mol. The molecule has 0 saturated carbocycles. The Labute approximate surface area is 161 Å². The number of hydrogen-bond acceptors (Lipinski definition) is 5. The monoisotopic (exact) mass is 369 g/mol. The Morgan fingerprint density at radius 2 is 1.70 bits per heavy atom. The van der Waals surface area contributed by atoms with Crippen LogP contribution in [0.25, 0.3) is 0 Å². The van der Waals surface area contributed by atoms with Gasteiger partial charge in [0.15, 0.2) is 11.5 Å². The van der Waals surface area contributed by atoms with Gasteiger partial charge in [-0.05, 0) is 23.3 Å². The SMILES string of the molecule is C#CCOC[C@H](O)CN(Cc1ccccc1)Cc1ccc(OC)c(OC)c1. The minimum atomic E-state index is -0.623. The zero-order valence-electron chi connectivity index (χ0n) is 15.9. The van der Waals surface area contributed by atoms with Crippen molar-refractivity contribution in [3.63, 3.8) is 0 Å². The van der Waals surface area contributed by atoms with E-state index >= 15 is 0 Å². The Hall–Kier alpha value is -2.52. The van der Waals surface area contributed by atoms with Crippen molar-refractivity contribution in [1.29, 1.82) is 0 Å². The number of aliphatic hydroxyl groups excluding tert-OH is 1. The summed E-state index contributed by atoms with van der Waals surface area (Å²) in [6.45, 7) is 2.24. The highest BCUT2D eigenvalue weighted by atomic mass is 16.5. The van der Waals surface area contributed by atoms with Gasteiger partial charge in [0, 0.05) is 19.6 Å². The van der Waals surface area contributed by atoms with Crippen LogP contribution >= 0.6 is 0 Å². The highest BCUT2D eigenvalue weighted by molar-refractivity contribution is 5.42. The van der Waals surface area contributed by atoms with Crippen LogP contribution < -0.4 is 9.47 Å². The van der Waals surface area contributed by atoms with Crippen molar-refractivity contribution >= 4 is 0 Å². The highest BCUT2D eigenvalue weighted by Gasteiger charge is 2.14. The summed E-state index contributed by atoms with van der Waals surface area (Å²) in [7, 11) is 3.24. The van der Waals surface area contributed by atoms with Gasteiger partial charge >= 0.3 is 0 Å². The van der Waals surface area contributed by atoms with Crippen LogP contribution in [0, 0.1) is 12.3 Å². The van der Waals surface area contributed by atoms with Crippen LogP contribution in [0.2, 0.25) is 0 Å². The van der Waals surface area contributed by atoms with E-state index < -0.39 is 6.10 Å². The van der Waals surface area contributed by atoms with Gasteiger partial charge in [0.05, 0.1) is 26.9 Å². The van der Waals surface area contributed by atoms with E-state index in [4.69, 9.17) is 20.6 Å². The number of benzene rings is 2. The van der Waals surface area contributed by atoms with Gasteiger partial charge in [0.2, 0.25) is 0 Å². The number of aliphatic hydroxyl groups is 1. The maximum Gasteiger partial charge on any atom is 0.161 e. The van der Waals surface area contributed by atoms with Crippen molar-refractivity contribution in [2.24, 2.45) is 0 Å². The maximum absolute atomic E-state index is 10.3. The number of nitrogens with zero attached hydrogens (tertiary/aromatic N) is 1. The van der Waals surface area contributed by atoms with Gasteiger partial charge in [-0.1, -0.05) is 42.3 Å². The van der Waals surface area contributed by atoms with Crippen LogP contribution in [-0.2, 0) is 17.8 Å². The molecular formula is C22H27NO4. The molecule has 0 heterocycles.